The van der Waals surface area contributed by atoms with Crippen molar-refractivity contribution in [3.8, 4) is 11.3 Å². The van der Waals surface area contributed by atoms with Gasteiger partial charge in [0.05, 0.1) is 39.3 Å². The minimum atomic E-state index is -0.677. The first-order valence-electron chi connectivity index (χ1n) is 14.2. The van der Waals surface area contributed by atoms with Gasteiger partial charge in [0.1, 0.15) is 0 Å². The topological polar surface area (TPSA) is 93.6 Å². The van der Waals surface area contributed by atoms with Crippen LogP contribution in [0.1, 0.15) is 45.5 Å². The number of carbonyl (C=O) groups excluding carboxylic acids is 4. The van der Waals surface area contributed by atoms with Crippen molar-refractivity contribution >= 4 is 63.4 Å². The fourth-order valence-electron chi connectivity index (χ4n) is 7.16. The number of fused-ring (bicyclic) bond motifs is 6. The number of esters is 1. The van der Waals surface area contributed by atoms with Gasteiger partial charge in [-0.1, -0.05) is 53.5 Å². The highest BCUT2D eigenvalue weighted by molar-refractivity contribution is 6.37. The van der Waals surface area contributed by atoms with Crippen molar-refractivity contribution in [2.24, 2.45) is 23.7 Å². The Bertz CT molecular complexity index is 1830. The highest BCUT2D eigenvalue weighted by Crippen LogP contribution is 2.56. The summed E-state index contributed by atoms with van der Waals surface area (Å²) < 4.78 is 5.45. The van der Waals surface area contributed by atoms with Crippen LogP contribution in [0.3, 0.4) is 0 Å². The molecule has 1 aliphatic heterocycles. The second-order valence-corrected chi connectivity index (χ2v) is 12.4. The Balaban J connectivity index is 1.17. The highest BCUT2D eigenvalue weighted by Gasteiger charge is 2.61. The van der Waals surface area contributed by atoms with E-state index in [1.54, 1.807) is 42.5 Å². The van der Waals surface area contributed by atoms with Gasteiger partial charge < -0.3 is 4.74 Å². The molecule has 0 spiro atoms. The van der Waals surface area contributed by atoms with Crippen LogP contribution in [-0.4, -0.2) is 35.2 Å². The number of halogens is 2. The van der Waals surface area contributed by atoms with Crippen LogP contribution in [0.25, 0.3) is 22.2 Å². The fraction of sp³-hybridized carbons (Fsp3) is 0.265. The number of hydrogen-bond donors (Lipinski definition) is 0. The van der Waals surface area contributed by atoms with Gasteiger partial charge in [-0.15, -0.1) is 0 Å². The zero-order valence-corrected chi connectivity index (χ0v) is 24.7. The van der Waals surface area contributed by atoms with E-state index in [0.717, 1.165) is 24.8 Å². The zero-order chi connectivity index (χ0) is 30.0. The summed E-state index contributed by atoms with van der Waals surface area (Å²) in [5.74, 6) is -1.05. The molecule has 7 rings (SSSR count). The van der Waals surface area contributed by atoms with E-state index >= 15 is 0 Å². The minimum absolute atomic E-state index is 0.0890. The van der Waals surface area contributed by atoms with Gasteiger partial charge in [-0.05, 0) is 80.0 Å². The van der Waals surface area contributed by atoms with Crippen molar-refractivity contribution in [1.82, 2.24) is 4.98 Å². The molecule has 2 amide bonds. The van der Waals surface area contributed by atoms with E-state index < -0.39 is 18.4 Å². The number of Topliss-reactive ketones (excluding diaryl/α,β-unsaturated/α-hetero) is 1. The first-order valence-corrected chi connectivity index (χ1v) is 15.0. The summed E-state index contributed by atoms with van der Waals surface area (Å²) in [6.45, 7) is 1.40. The SMILES string of the molecule is Cc1cccc2c(C(=O)OCC(=O)c3ccc(Cl)cc3Cl)cc(-c3ccc(N4C(=O)C5C6CCC(C6)C5C4=O)cc3)nc12. The smallest absolute Gasteiger partial charge is 0.339 e. The van der Waals surface area contributed by atoms with Crippen LogP contribution in [0.2, 0.25) is 10.0 Å². The number of amides is 2. The molecule has 0 radical (unpaired) electrons. The van der Waals surface area contributed by atoms with E-state index in [1.807, 2.05) is 19.1 Å². The molecule has 4 unspecified atom stereocenters. The third-order valence-corrected chi connectivity index (χ3v) is 9.72. The lowest BCUT2D eigenvalue weighted by Gasteiger charge is -2.19. The van der Waals surface area contributed by atoms with Gasteiger partial charge in [0.15, 0.2) is 6.61 Å². The number of ether oxygens (including phenoxy) is 1. The molecule has 43 heavy (non-hydrogen) atoms. The summed E-state index contributed by atoms with van der Waals surface area (Å²) in [4.78, 5) is 58.8. The number of carbonyl (C=O) groups is 4. The van der Waals surface area contributed by atoms with E-state index in [1.165, 1.54) is 17.0 Å². The Morgan fingerprint density at radius 2 is 1.60 bits per heavy atom. The third-order valence-electron chi connectivity index (χ3n) is 9.18. The van der Waals surface area contributed by atoms with Gasteiger partial charge in [-0.3, -0.25) is 19.3 Å². The molecule has 1 saturated heterocycles. The van der Waals surface area contributed by atoms with Crippen LogP contribution in [0, 0.1) is 30.6 Å². The predicted molar refractivity (Wildman–Crippen MR) is 163 cm³/mol. The summed E-state index contributed by atoms with van der Waals surface area (Å²) in [7, 11) is 0. The van der Waals surface area contributed by atoms with Gasteiger partial charge in [-0.25, -0.2) is 9.78 Å². The lowest BCUT2D eigenvalue weighted by atomic mass is 9.81. The molecule has 216 valence electrons. The Kier molecular flexibility index (Phi) is 6.83. The van der Waals surface area contributed by atoms with Crippen LogP contribution in [-0.2, 0) is 14.3 Å². The van der Waals surface area contributed by atoms with Crippen molar-refractivity contribution in [2.75, 3.05) is 11.5 Å². The molecule has 2 heterocycles. The number of hydrogen-bond acceptors (Lipinski definition) is 6. The minimum Gasteiger partial charge on any atom is -0.454 e. The largest absolute Gasteiger partial charge is 0.454 e. The van der Waals surface area contributed by atoms with Crippen molar-refractivity contribution in [3.63, 3.8) is 0 Å². The number of pyridine rings is 1. The lowest BCUT2D eigenvalue weighted by Crippen LogP contribution is -2.32. The van der Waals surface area contributed by atoms with Gasteiger partial charge in [0.25, 0.3) is 0 Å². The number of rotatable bonds is 6. The van der Waals surface area contributed by atoms with E-state index in [9.17, 15) is 19.2 Å². The average molecular weight is 613 g/mol. The van der Waals surface area contributed by atoms with Gasteiger partial charge in [0.2, 0.25) is 17.6 Å². The van der Waals surface area contributed by atoms with Crippen LogP contribution in [0.5, 0.6) is 0 Å². The first-order chi connectivity index (χ1) is 20.7. The lowest BCUT2D eigenvalue weighted by molar-refractivity contribution is -0.123. The molecular weight excluding hydrogens is 587 g/mol. The maximum absolute atomic E-state index is 13.3. The summed E-state index contributed by atoms with van der Waals surface area (Å²) in [6.07, 6.45) is 3.04. The Morgan fingerprint density at radius 3 is 2.28 bits per heavy atom. The van der Waals surface area contributed by atoms with Crippen molar-refractivity contribution in [1.29, 1.82) is 0 Å². The van der Waals surface area contributed by atoms with Crippen molar-refractivity contribution in [2.45, 2.75) is 26.2 Å². The third kappa shape index (κ3) is 4.62. The summed E-state index contributed by atoms with van der Waals surface area (Å²) in [6, 6.07) is 18.7. The molecule has 3 aromatic carbocycles. The second-order valence-electron chi connectivity index (χ2n) is 11.6. The number of para-hydroxylation sites is 1. The monoisotopic (exact) mass is 612 g/mol. The van der Waals surface area contributed by atoms with Crippen LogP contribution < -0.4 is 4.90 Å². The Morgan fingerprint density at radius 1 is 0.907 bits per heavy atom. The number of anilines is 1. The molecular formula is C34H26Cl2N2O5. The summed E-state index contributed by atoms with van der Waals surface area (Å²) in [5.41, 5.74) is 3.72. The van der Waals surface area contributed by atoms with E-state index in [0.29, 0.717) is 44.7 Å². The van der Waals surface area contributed by atoms with Crippen LogP contribution in [0.4, 0.5) is 5.69 Å². The normalized spacial score (nSPS) is 22.3. The molecule has 3 aliphatic rings. The molecule has 4 aromatic rings. The van der Waals surface area contributed by atoms with Crippen LogP contribution >= 0.6 is 23.2 Å². The van der Waals surface area contributed by atoms with E-state index in [4.69, 9.17) is 32.9 Å². The van der Waals surface area contributed by atoms with Gasteiger partial charge in [0, 0.05) is 21.5 Å². The Hall–Kier alpha value is -4.07. The zero-order valence-electron chi connectivity index (χ0n) is 23.2. The quantitative estimate of drug-likeness (QED) is 0.131. The summed E-state index contributed by atoms with van der Waals surface area (Å²) >= 11 is 12.1. The number of nitrogens with zero attached hydrogens (tertiary/aromatic N) is 2. The Labute approximate surface area is 257 Å². The van der Waals surface area contributed by atoms with Gasteiger partial charge in [-0.2, -0.15) is 0 Å². The molecule has 0 N–H and O–H groups in total. The number of imide groups is 1. The molecule has 1 aromatic heterocycles. The molecule has 7 nitrogen and oxygen atoms in total. The van der Waals surface area contributed by atoms with Crippen molar-refractivity contribution < 1.29 is 23.9 Å². The number of ketones is 1. The van der Waals surface area contributed by atoms with E-state index in [2.05, 4.69) is 0 Å². The molecule has 2 saturated carbocycles. The van der Waals surface area contributed by atoms with Crippen molar-refractivity contribution in [3.05, 3.63) is 93.5 Å². The van der Waals surface area contributed by atoms with Crippen LogP contribution in [0.15, 0.2) is 66.7 Å². The average Bonchev–Trinajstić information content (AvgIpc) is 3.69. The highest BCUT2D eigenvalue weighted by atomic mass is 35.5. The number of aromatic nitrogens is 1. The molecule has 2 bridgehead atoms. The van der Waals surface area contributed by atoms with Gasteiger partial charge >= 0.3 is 5.97 Å². The fourth-order valence-corrected chi connectivity index (χ4v) is 7.67. The molecule has 9 heteroatoms. The second kappa shape index (κ2) is 10.6. The van der Waals surface area contributed by atoms with E-state index in [-0.39, 0.29) is 39.8 Å². The number of benzene rings is 3. The molecule has 3 fully saturated rings. The standard InChI is InChI=1S/C34H26Cl2N2O5/c1-17-3-2-4-23-25(34(42)43-16-28(39)24-12-9-21(35)14-26(24)36)15-27(37-31(17)23)18-7-10-22(11-8-18)38-32(40)29-19-5-6-20(13-19)30(29)33(38)41/h2-4,7-12,14-15,19-20,29-30H,5-6,13,16H2,1H3. The molecule has 4 atom stereocenters. The maximum Gasteiger partial charge on any atom is 0.339 e. The maximum atomic E-state index is 13.3. The summed E-state index contributed by atoms with van der Waals surface area (Å²) in [5, 5.41) is 1.17. The first kappa shape index (κ1) is 27.7. The predicted octanol–water partition coefficient (Wildman–Crippen LogP) is 7.09. The number of aryl methyl sites for hydroxylation is 1. The molecule has 2 aliphatic carbocycles.